The number of ether oxygens (including phenoxy) is 1. The van der Waals surface area contributed by atoms with E-state index < -0.39 is 0 Å². The molecule has 0 unspecified atom stereocenters. The Morgan fingerprint density at radius 2 is 2.04 bits per heavy atom. The van der Waals surface area contributed by atoms with E-state index >= 15 is 0 Å². The van der Waals surface area contributed by atoms with Crippen molar-refractivity contribution in [2.75, 3.05) is 46.4 Å². The van der Waals surface area contributed by atoms with E-state index in [1.54, 1.807) is 0 Å². The summed E-state index contributed by atoms with van der Waals surface area (Å²) in [7, 11) is 1.97. The van der Waals surface area contributed by atoms with Gasteiger partial charge in [0.2, 0.25) is 11.8 Å². The fourth-order valence-electron chi connectivity index (χ4n) is 2.62. The van der Waals surface area contributed by atoms with Gasteiger partial charge in [0, 0.05) is 46.1 Å². The molecule has 0 aromatic carbocycles. The molecule has 136 valence electrons. The first-order valence-corrected chi connectivity index (χ1v) is 9.02. The van der Waals surface area contributed by atoms with Crippen molar-refractivity contribution in [3.05, 3.63) is 0 Å². The molecule has 2 rings (SSSR count). The third-order valence-electron chi connectivity index (χ3n) is 4.29. The van der Waals surface area contributed by atoms with Gasteiger partial charge in [-0.05, 0) is 32.1 Å². The van der Waals surface area contributed by atoms with E-state index in [9.17, 15) is 9.59 Å². The van der Waals surface area contributed by atoms with Crippen molar-refractivity contribution in [2.24, 2.45) is 10.9 Å². The molecule has 1 heterocycles. The Kier molecular flexibility index (Phi) is 7.49. The Bertz CT molecular complexity index is 447. The highest BCUT2D eigenvalue weighted by Crippen LogP contribution is 2.28. The highest BCUT2D eigenvalue weighted by Gasteiger charge is 2.25. The number of aliphatic imine (C=N–C) groups is 1. The van der Waals surface area contributed by atoms with Gasteiger partial charge in [-0.2, -0.15) is 0 Å². The van der Waals surface area contributed by atoms with Gasteiger partial charge in [-0.25, -0.2) is 0 Å². The van der Waals surface area contributed by atoms with Gasteiger partial charge in [0.1, 0.15) is 0 Å². The first kappa shape index (κ1) is 18.7. The average Bonchev–Trinajstić information content (AvgIpc) is 3.37. The quantitative estimate of drug-likeness (QED) is 0.292. The average molecular weight is 338 g/mol. The van der Waals surface area contributed by atoms with Crippen LogP contribution in [0.3, 0.4) is 0 Å². The summed E-state index contributed by atoms with van der Waals surface area (Å²) in [4.78, 5) is 31.5. The first-order valence-electron chi connectivity index (χ1n) is 9.02. The number of carbonyl (C=O) groups is 2. The largest absolute Gasteiger partial charge is 0.379 e. The highest BCUT2D eigenvalue weighted by atomic mass is 16.5. The summed E-state index contributed by atoms with van der Waals surface area (Å²) in [5, 5.41) is 3.24. The van der Waals surface area contributed by atoms with Gasteiger partial charge in [-0.3, -0.25) is 19.5 Å². The van der Waals surface area contributed by atoms with Crippen molar-refractivity contribution in [1.29, 1.82) is 0 Å². The molecule has 0 spiro atoms. The first-order chi connectivity index (χ1) is 11.6. The standard InChI is InChI=1S/C17H30N4O3/c1-3-18-17(20(2)11-12-24-13-14-7-8-14)19-9-10-21-15(22)5-4-6-16(21)23/h14H,3-13H2,1-2H3,(H,18,19). The molecule has 2 fully saturated rings. The minimum atomic E-state index is -0.0757. The Morgan fingerprint density at radius 3 is 2.67 bits per heavy atom. The summed E-state index contributed by atoms with van der Waals surface area (Å²) in [6.45, 7) is 5.88. The fraction of sp³-hybridized carbons (Fsp3) is 0.824. The van der Waals surface area contributed by atoms with Crippen molar-refractivity contribution < 1.29 is 14.3 Å². The number of piperidine rings is 1. The second-order valence-electron chi connectivity index (χ2n) is 6.47. The van der Waals surface area contributed by atoms with E-state index in [2.05, 4.69) is 10.3 Å². The van der Waals surface area contributed by atoms with Crippen LogP contribution in [0.4, 0.5) is 0 Å². The fourth-order valence-corrected chi connectivity index (χ4v) is 2.62. The molecule has 0 atom stereocenters. The van der Waals surface area contributed by atoms with Gasteiger partial charge >= 0.3 is 0 Å². The molecular weight excluding hydrogens is 308 g/mol. The van der Waals surface area contributed by atoms with Gasteiger partial charge in [0.05, 0.1) is 13.2 Å². The van der Waals surface area contributed by atoms with Crippen molar-refractivity contribution in [3.63, 3.8) is 0 Å². The Morgan fingerprint density at radius 1 is 1.33 bits per heavy atom. The lowest BCUT2D eigenvalue weighted by Crippen LogP contribution is -2.43. The van der Waals surface area contributed by atoms with Crippen LogP contribution in [0.1, 0.15) is 39.0 Å². The molecule has 2 amide bonds. The van der Waals surface area contributed by atoms with Crippen molar-refractivity contribution >= 4 is 17.8 Å². The summed E-state index contributed by atoms with van der Waals surface area (Å²) in [5.74, 6) is 1.41. The lowest BCUT2D eigenvalue weighted by atomic mass is 10.1. The molecule has 2 aliphatic rings. The number of likely N-dealkylation sites (tertiary alicyclic amines) is 1. The third kappa shape index (κ3) is 6.11. The summed E-state index contributed by atoms with van der Waals surface area (Å²) in [5.41, 5.74) is 0. The summed E-state index contributed by atoms with van der Waals surface area (Å²) in [6, 6.07) is 0. The van der Waals surface area contributed by atoms with E-state index in [0.29, 0.717) is 39.0 Å². The number of nitrogens with one attached hydrogen (secondary N) is 1. The Balaban J connectivity index is 1.75. The predicted octanol–water partition coefficient (Wildman–Crippen LogP) is 0.849. The topological polar surface area (TPSA) is 74.2 Å². The molecule has 7 heteroatoms. The number of likely N-dealkylation sites (N-methyl/N-ethyl adjacent to an activating group) is 1. The van der Waals surface area contributed by atoms with Gasteiger partial charge in [-0.15, -0.1) is 0 Å². The number of rotatable bonds is 9. The number of hydrogen-bond donors (Lipinski definition) is 1. The molecule has 1 aliphatic heterocycles. The van der Waals surface area contributed by atoms with E-state index in [1.165, 1.54) is 17.7 Å². The normalized spacial score (nSPS) is 18.9. The van der Waals surface area contributed by atoms with E-state index in [1.807, 2.05) is 18.9 Å². The van der Waals surface area contributed by atoms with Gasteiger partial charge < -0.3 is 15.0 Å². The van der Waals surface area contributed by atoms with Crippen LogP contribution in [-0.2, 0) is 14.3 Å². The SMILES string of the molecule is CCNC(=NCCN1C(=O)CCCC1=O)N(C)CCOCC1CC1. The number of nitrogens with zero attached hydrogens (tertiary/aromatic N) is 3. The molecule has 0 radical (unpaired) electrons. The zero-order chi connectivity index (χ0) is 17.4. The summed E-state index contributed by atoms with van der Waals surface area (Å²) >= 11 is 0. The summed E-state index contributed by atoms with van der Waals surface area (Å²) < 4.78 is 5.66. The number of imide groups is 1. The summed E-state index contributed by atoms with van der Waals surface area (Å²) in [6.07, 6.45) is 4.20. The van der Waals surface area contributed by atoms with E-state index in [0.717, 1.165) is 31.6 Å². The van der Waals surface area contributed by atoms with Crippen LogP contribution < -0.4 is 5.32 Å². The molecule has 0 bridgehead atoms. The molecular formula is C17H30N4O3. The third-order valence-corrected chi connectivity index (χ3v) is 4.29. The minimum Gasteiger partial charge on any atom is -0.379 e. The van der Waals surface area contributed by atoms with Crippen LogP contribution in [-0.4, -0.2) is 74.0 Å². The number of amides is 2. The molecule has 24 heavy (non-hydrogen) atoms. The zero-order valence-corrected chi connectivity index (χ0v) is 14.9. The minimum absolute atomic E-state index is 0.0757. The maximum absolute atomic E-state index is 11.8. The van der Waals surface area contributed by atoms with Crippen LogP contribution >= 0.6 is 0 Å². The second kappa shape index (κ2) is 9.61. The lowest BCUT2D eigenvalue weighted by molar-refractivity contribution is -0.147. The van der Waals surface area contributed by atoms with Crippen LogP contribution in [0.15, 0.2) is 4.99 Å². The number of hydrogen-bond acceptors (Lipinski definition) is 4. The van der Waals surface area contributed by atoms with Crippen molar-refractivity contribution in [3.8, 4) is 0 Å². The van der Waals surface area contributed by atoms with Crippen LogP contribution in [0.5, 0.6) is 0 Å². The van der Waals surface area contributed by atoms with E-state index in [-0.39, 0.29) is 11.8 Å². The molecule has 1 saturated heterocycles. The monoisotopic (exact) mass is 338 g/mol. The van der Waals surface area contributed by atoms with Crippen molar-refractivity contribution in [2.45, 2.75) is 39.0 Å². The molecule has 7 nitrogen and oxygen atoms in total. The van der Waals surface area contributed by atoms with Gasteiger partial charge in [0.25, 0.3) is 0 Å². The number of carbonyl (C=O) groups excluding carboxylic acids is 2. The molecule has 0 aromatic rings. The Hall–Kier alpha value is -1.63. The maximum Gasteiger partial charge on any atom is 0.229 e. The molecule has 0 aromatic heterocycles. The highest BCUT2D eigenvalue weighted by molar-refractivity contribution is 5.97. The van der Waals surface area contributed by atoms with Gasteiger partial charge in [0.15, 0.2) is 5.96 Å². The lowest BCUT2D eigenvalue weighted by Gasteiger charge is -2.25. The molecule has 1 N–H and O–H groups in total. The smallest absolute Gasteiger partial charge is 0.229 e. The second-order valence-corrected chi connectivity index (χ2v) is 6.47. The van der Waals surface area contributed by atoms with Crippen LogP contribution in [0.25, 0.3) is 0 Å². The van der Waals surface area contributed by atoms with Gasteiger partial charge in [-0.1, -0.05) is 0 Å². The van der Waals surface area contributed by atoms with Crippen molar-refractivity contribution in [1.82, 2.24) is 15.1 Å². The predicted molar refractivity (Wildman–Crippen MR) is 92.7 cm³/mol. The van der Waals surface area contributed by atoms with E-state index in [4.69, 9.17) is 4.74 Å². The zero-order valence-electron chi connectivity index (χ0n) is 14.9. The van der Waals surface area contributed by atoms with Crippen LogP contribution in [0, 0.1) is 5.92 Å². The Labute approximate surface area is 144 Å². The number of guanidine groups is 1. The molecule has 1 aliphatic carbocycles. The maximum atomic E-state index is 11.8. The molecule has 1 saturated carbocycles. The van der Waals surface area contributed by atoms with Crippen LogP contribution in [0.2, 0.25) is 0 Å².